The Bertz CT molecular complexity index is 839. The number of nitrogens with zero attached hydrogens (tertiary/aromatic N) is 1. The molecule has 0 saturated heterocycles. The van der Waals surface area contributed by atoms with Crippen molar-refractivity contribution in [2.24, 2.45) is 11.8 Å². The highest BCUT2D eigenvalue weighted by molar-refractivity contribution is 5.91. The molecule has 1 aliphatic carbocycles. The van der Waals surface area contributed by atoms with Crippen LogP contribution in [0.4, 0.5) is 0 Å². The molecule has 2 aromatic rings. The zero-order valence-electron chi connectivity index (χ0n) is 22.0. The summed E-state index contributed by atoms with van der Waals surface area (Å²) in [5.74, 6) is 2.70. The number of aryl methyl sites for hydroxylation is 1. The first-order chi connectivity index (χ1) is 17.2. The van der Waals surface area contributed by atoms with Crippen molar-refractivity contribution in [3.05, 3.63) is 53.9 Å². The number of unbranched alkanes of at least 4 members (excludes halogenated alkanes) is 5. The number of hydrogen-bond donors (Lipinski definition) is 0. The monoisotopic (exact) mass is 479 g/mol. The molecule has 3 rings (SSSR count). The Morgan fingerprint density at radius 1 is 0.800 bits per heavy atom. The fraction of sp³-hybridized carbons (Fsp3) is 0.613. The number of esters is 1. The fourth-order valence-corrected chi connectivity index (χ4v) is 5.02. The SMILES string of the molecule is CCCCCCCOc1ccc(C(=O)Oc2ccc(CCC3CCC(CCCC)CC3)nc2)cc1. The standard InChI is InChI=1S/C31H45NO3/c1-3-5-7-8-9-23-34-29-20-16-27(17-21-29)31(33)35-30-22-19-28(32-24-30)18-15-26-13-11-25(12-14-26)10-6-4-2/h16-17,19-22,24-26H,3-15,18,23H2,1-2H3. The lowest BCUT2D eigenvalue weighted by molar-refractivity contribution is 0.0734. The maximum Gasteiger partial charge on any atom is 0.343 e. The normalized spacial score (nSPS) is 17.8. The number of carbonyl (C=O) groups is 1. The Hall–Kier alpha value is -2.36. The molecular weight excluding hydrogens is 434 g/mol. The number of carbonyl (C=O) groups excluding carboxylic acids is 1. The molecule has 1 aliphatic rings. The van der Waals surface area contributed by atoms with Gasteiger partial charge in [0, 0.05) is 5.69 Å². The molecule has 192 valence electrons. The van der Waals surface area contributed by atoms with Gasteiger partial charge in [0.2, 0.25) is 0 Å². The van der Waals surface area contributed by atoms with Crippen LogP contribution in [0.15, 0.2) is 42.6 Å². The number of benzene rings is 1. The van der Waals surface area contributed by atoms with Gasteiger partial charge in [-0.15, -0.1) is 0 Å². The number of aromatic nitrogens is 1. The topological polar surface area (TPSA) is 48.4 Å². The van der Waals surface area contributed by atoms with Crippen molar-refractivity contribution in [2.75, 3.05) is 6.61 Å². The fourth-order valence-electron chi connectivity index (χ4n) is 5.02. The molecule has 4 heteroatoms. The van der Waals surface area contributed by atoms with E-state index in [9.17, 15) is 4.79 Å². The quantitative estimate of drug-likeness (QED) is 0.190. The van der Waals surface area contributed by atoms with Crippen LogP contribution in [0.25, 0.3) is 0 Å². The summed E-state index contributed by atoms with van der Waals surface area (Å²) in [7, 11) is 0. The average Bonchev–Trinajstić information content (AvgIpc) is 2.90. The van der Waals surface area contributed by atoms with Gasteiger partial charge < -0.3 is 9.47 Å². The molecule has 1 fully saturated rings. The van der Waals surface area contributed by atoms with E-state index in [4.69, 9.17) is 9.47 Å². The molecule has 35 heavy (non-hydrogen) atoms. The summed E-state index contributed by atoms with van der Waals surface area (Å²) < 4.78 is 11.3. The van der Waals surface area contributed by atoms with Crippen LogP contribution in [0.5, 0.6) is 11.5 Å². The second kappa shape index (κ2) is 15.6. The van der Waals surface area contributed by atoms with E-state index in [1.165, 1.54) is 77.0 Å². The Labute approximate surface area is 212 Å². The van der Waals surface area contributed by atoms with Crippen molar-refractivity contribution < 1.29 is 14.3 Å². The largest absolute Gasteiger partial charge is 0.494 e. The van der Waals surface area contributed by atoms with Crippen molar-refractivity contribution in [1.29, 1.82) is 0 Å². The van der Waals surface area contributed by atoms with Crippen LogP contribution in [0, 0.1) is 11.8 Å². The molecule has 1 aromatic carbocycles. The van der Waals surface area contributed by atoms with Crippen LogP contribution >= 0.6 is 0 Å². The number of rotatable bonds is 15. The van der Waals surface area contributed by atoms with Crippen LogP contribution in [0.1, 0.15) is 113 Å². The van der Waals surface area contributed by atoms with Crippen LogP contribution in [-0.2, 0) is 6.42 Å². The van der Waals surface area contributed by atoms with E-state index >= 15 is 0 Å². The number of pyridine rings is 1. The number of ether oxygens (including phenoxy) is 2. The summed E-state index contributed by atoms with van der Waals surface area (Å²) in [6, 6.07) is 11.0. The second-order valence-corrected chi connectivity index (χ2v) is 10.2. The Morgan fingerprint density at radius 3 is 2.11 bits per heavy atom. The van der Waals surface area contributed by atoms with Crippen molar-refractivity contribution in [2.45, 2.75) is 104 Å². The molecule has 4 nitrogen and oxygen atoms in total. The molecule has 0 spiro atoms. The molecule has 0 unspecified atom stereocenters. The lowest BCUT2D eigenvalue weighted by Gasteiger charge is -2.28. The third-order valence-electron chi connectivity index (χ3n) is 7.36. The minimum Gasteiger partial charge on any atom is -0.494 e. The molecule has 0 atom stereocenters. The highest BCUT2D eigenvalue weighted by atomic mass is 16.5. The van der Waals surface area contributed by atoms with E-state index in [1.54, 1.807) is 18.3 Å². The first-order valence-electron chi connectivity index (χ1n) is 14.1. The van der Waals surface area contributed by atoms with Gasteiger partial charge >= 0.3 is 5.97 Å². The third kappa shape index (κ3) is 10.0. The molecule has 0 amide bonds. The smallest absolute Gasteiger partial charge is 0.343 e. The molecule has 0 bridgehead atoms. The van der Waals surface area contributed by atoms with Gasteiger partial charge in [0.05, 0.1) is 18.4 Å². The van der Waals surface area contributed by atoms with Gasteiger partial charge in [-0.05, 0) is 67.5 Å². The van der Waals surface area contributed by atoms with Crippen LogP contribution in [0.2, 0.25) is 0 Å². The van der Waals surface area contributed by atoms with E-state index in [-0.39, 0.29) is 5.97 Å². The zero-order valence-corrected chi connectivity index (χ0v) is 22.0. The lowest BCUT2D eigenvalue weighted by atomic mass is 9.78. The highest BCUT2D eigenvalue weighted by Gasteiger charge is 2.20. The zero-order chi connectivity index (χ0) is 24.7. The van der Waals surface area contributed by atoms with Gasteiger partial charge in [0.1, 0.15) is 11.5 Å². The van der Waals surface area contributed by atoms with Gasteiger partial charge in [-0.3, -0.25) is 4.98 Å². The first-order valence-corrected chi connectivity index (χ1v) is 14.1. The summed E-state index contributed by atoms with van der Waals surface area (Å²) in [4.78, 5) is 17.0. The minimum absolute atomic E-state index is 0.370. The van der Waals surface area contributed by atoms with E-state index in [1.807, 2.05) is 24.3 Å². The van der Waals surface area contributed by atoms with E-state index < -0.39 is 0 Å². The predicted octanol–water partition coefficient (Wildman–Crippen LogP) is 8.58. The summed E-state index contributed by atoms with van der Waals surface area (Å²) in [6.07, 6.45) is 19.6. The van der Waals surface area contributed by atoms with E-state index in [0.717, 1.165) is 36.1 Å². The molecule has 0 aliphatic heterocycles. The van der Waals surface area contributed by atoms with Gasteiger partial charge in [-0.2, -0.15) is 0 Å². The summed E-state index contributed by atoms with van der Waals surface area (Å²) in [5, 5.41) is 0. The Kier molecular flexibility index (Phi) is 12.1. The first kappa shape index (κ1) is 27.2. The summed E-state index contributed by atoms with van der Waals surface area (Å²) >= 11 is 0. The van der Waals surface area contributed by atoms with Crippen molar-refractivity contribution in [3.63, 3.8) is 0 Å². The molecule has 1 heterocycles. The number of hydrogen-bond acceptors (Lipinski definition) is 4. The maximum absolute atomic E-state index is 12.5. The summed E-state index contributed by atoms with van der Waals surface area (Å²) in [5.41, 5.74) is 1.59. The lowest BCUT2D eigenvalue weighted by Crippen LogP contribution is -2.15. The van der Waals surface area contributed by atoms with Crippen molar-refractivity contribution in [3.8, 4) is 11.5 Å². The minimum atomic E-state index is -0.370. The summed E-state index contributed by atoms with van der Waals surface area (Å²) in [6.45, 7) is 5.22. The Morgan fingerprint density at radius 2 is 1.46 bits per heavy atom. The molecule has 1 aromatic heterocycles. The van der Waals surface area contributed by atoms with Crippen molar-refractivity contribution in [1.82, 2.24) is 4.98 Å². The van der Waals surface area contributed by atoms with Gasteiger partial charge in [-0.25, -0.2) is 4.79 Å². The molecule has 0 radical (unpaired) electrons. The van der Waals surface area contributed by atoms with Crippen LogP contribution in [-0.4, -0.2) is 17.6 Å². The predicted molar refractivity (Wildman–Crippen MR) is 143 cm³/mol. The van der Waals surface area contributed by atoms with Gasteiger partial charge in [-0.1, -0.05) is 84.5 Å². The van der Waals surface area contributed by atoms with Gasteiger partial charge in [0.15, 0.2) is 0 Å². The van der Waals surface area contributed by atoms with Gasteiger partial charge in [0.25, 0.3) is 0 Å². The van der Waals surface area contributed by atoms with Crippen molar-refractivity contribution >= 4 is 5.97 Å². The average molecular weight is 480 g/mol. The van der Waals surface area contributed by atoms with E-state index in [2.05, 4.69) is 18.8 Å². The highest BCUT2D eigenvalue weighted by Crippen LogP contribution is 2.34. The molecule has 1 saturated carbocycles. The Balaban J connectivity index is 1.35. The third-order valence-corrected chi connectivity index (χ3v) is 7.36. The molecule has 0 N–H and O–H groups in total. The van der Waals surface area contributed by atoms with Crippen LogP contribution in [0.3, 0.4) is 0 Å². The van der Waals surface area contributed by atoms with E-state index in [0.29, 0.717) is 17.9 Å². The van der Waals surface area contributed by atoms with Crippen LogP contribution < -0.4 is 9.47 Å². The maximum atomic E-state index is 12.5. The second-order valence-electron chi connectivity index (χ2n) is 10.2. The molecular formula is C31H45NO3.